The van der Waals surface area contributed by atoms with Crippen molar-refractivity contribution in [2.75, 3.05) is 19.8 Å². The molecule has 8 heteroatoms. The number of fused-ring (bicyclic) bond motifs is 2. The number of carbonyl (C=O) groups is 3. The summed E-state index contributed by atoms with van der Waals surface area (Å²) in [6.07, 6.45) is 7.72. The molecule has 1 unspecified atom stereocenters. The maximum Gasteiger partial charge on any atom is 0.313 e. The van der Waals surface area contributed by atoms with E-state index in [1.54, 1.807) is 24.0 Å². The summed E-state index contributed by atoms with van der Waals surface area (Å²) in [4.78, 5) is 44.2. The molecule has 0 aromatic rings. The lowest BCUT2D eigenvalue weighted by molar-refractivity contribution is -0.160. The molecule has 32 heavy (non-hydrogen) atoms. The number of rotatable bonds is 5. The largest absolute Gasteiger partial charge is 0.461 e. The lowest BCUT2D eigenvalue weighted by atomic mass is 9.75. The van der Waals surface area contributed by atoms with Crippen LogP contribution in [0.3, 0.4) is 0 Å². The molecule has 0 radical (unpaired) electrons. The van der Waals surface area contributed by atoms with Crippen LogP contribution in [-0.4, -0.2) is 81.8 Å². The number of aliphatic hydroxyl groups is 1. The van der Waals surface area contributed by atoms with Gasteiger partial charge < -0.3 is 24.4 Å². The van der Waals surface area contributed by atoms with Crippen molar-refractivity contribution >= 4 is 17.8 Å². The first kappa shape index (κ1) is 23.0. The number of likely N-dealkylation sites (tertiary alicyclic amines) is 1. The van der Waals surface area contributed by atoms with Gasteiger partial charge in [-0.25, -0.2) is 0 Å². The molecular weight excluding hydrogens is 412 g/mol. The maximum atomic E-state index is 14.0. The molecule has 1 N–H and O–H groups in total. The van der Waals surface area contributed by atoms with Gasteiger partial charge in [0.25, 0.3) is 0 Å². The number of amides is 2. The Morgan fingerprint density at radius 2 is 1.81 bits per heavy atom. The van der Waals surface area contributed by atoms with Crippen molar-refractivity contribution in [2.24, 2.45) is 17.8 Å². The standard InChI is InChI=1S/C24H34N2O6/c1-14(2)12-16(13-27)26-19-21(29)25(15(3)4)10-6-9-24(19)17(20(26)28)18-22(30)31-11-7-8-23(18,5)32-24/h6-9,14-19,27H,10-13H2,1-5H3/t16-,17+,18-,19?,23+,24+/m1/s1. The Morgan fingerprint density at radius 1 is 1.09 bits per heavy atom. The highest BCUT2D eigenvalue weighted by Crippen LogP contribution is 2.57. The Balaban J connectivity index is 1.90. The van der Waals surface area contributed by atoms with E-state index in [-0.39, 0.29) is 37.0 Å². The van der Waals surface area contributed by atoms with Crippen LogP contribution in [-0.2, 0) is 23.9 Å². The Kier molecular flexibility index (Phi) is 5.74. The number of cyclic esters (lactones) is 1. The molecule has 4 aliphatic heterocycles. The van der Waals surface area contributed by atoms with Gasteiger partial charge in [0.2, 0.25) is 11.8 Å². The average Bonchev–Trinajstić information content (AvgIpc) is 2.97. The molecule has 4 aliphatic rings. The van der Waals surface area contributed by atoms with E-state index >= 15 is 0 Å². The first-order valence-electron chi connectivity index (χ1n) is 11.5. The summed E-state index contributed by atoms with van der Waals surface area (Å²) < 4.78 is 12.0. The molecule has 4 heterocycles. The summed E-state index contributed by atoms with van der Waals surface area (Å²) in [6.45, 7) is 9.91. The first-order valence-corrected chi connectivity index (χ1v) is 11.5. The molecule has 0 bridgehead atoms. The number of carbonyl (C=O) groups excluding carboxylic acids is 3. The van der Waals surface area contributed by atoms with Crippen LogP contribution < -0.4 is 0 Å². The number of ether oxygens (including phenoxy) is 2. The van der Waals surface area contributed by atoms with Crippen LogP contribution in [0.1, 0.15) is 41.0 Å². The van der Waals surface area contributed by atoms with Crippen molar-refractivity contribution in [1.29, 1.82) is 0 Å². The van der Waals surface area contributed by atoms with Gasteiger partial charge in [0.05, 0.1) is 24.2 Å². The first-order chi connectivity index (χ1) is 15.1. The molecule has 0 aliphatic carbocycles. The van der Waals surface area contributed by atoms with Crippen LogP contribution in [0.5, 0.6) is 0 Å². The molecule has 0 aromatic carbocycles. The fourth-order valence-corrected chi connectivity index (χ4v) is 5.99. The minimum absolute atomic E-state index is 0.0803. The smallest absolute Gasteiger partial charge is 0.313 e. The highest BCUT2D eigenvalue weighted by Gasteiger charge is 2.75. The SMILES string of the molecule is CC(C)C[C@H](CO)N1C(=O)[C@@H]2[C@@H]3C(=O)OCC=C[C@]3(C)O[C@@]23C=CCN(C(C)C)C(=O)C13. The van der Waals surface area contributed by atoms with Crippen molar-refractivity contribution in [3.8, 4) is 0 Å². The summed E-state index contributed by atoms with van der Waals surface area (Å²) in [6, 6.07) is -1.59. The van der Waals surface area contributed by atoms with E-state index in [2.05, 4.69) is 0 Å². The number of esters is 1. The zero-order valence-corrected chi connectivity index (χ0v) is 19.5. The van der Waals surface area contributed by atoms with Crippen LogP contribution in [0.2, 0.25) is 0 Å². The van der Waals surface area contributed by atoms with Gasteiger partial charge >= 0.3 is 5.97 Å². The number of hydrogen-bond donors (Lipinski definition) is 1. The third-order valence-electron chi connectivity index (χ3n) is 7.25. The lowest BCUT2D eigenvalue weighted by Gasteiger charge is -2.41. The molecule has 2 saturated heterocycles. The zero-order chi connectivity index (χ0) is 23.4. The van der Waals surface area contributed by atoms with Gasteiger partial charge in [-0.15, -0.1) is 0 Å². The number of nitrogens with zero attached hydrogens (tertiary/aromatic N) is 2. The van der Waals surface area contributed by atoms with E-state index in [4.69, 9.17) is 9.47 Å². The molecule has 176 valence electrons. The van der Waals surface area contributed by atoms with Gasteiger partial charge in [-0.2, -0.15) is 0 Å². The summed E-state index contributed by atoms with van der Waals surface area (Å²) in [5.41, 5.74) is -2.37. The molecule has 4 rings (SSSR count). The van der Waals surface area contributed by atoms with Crippen molar-refractivity contribution < 1.29 is 29.0 Å². The Bertz CT molecular complexity index is 867. The number of hydrogen-bond acceptors (Lipinski definition) is 6. The Labute approximate surface area is 189 Å². The van der Waals surface area contributed by atoms with Gasteiger partial charge in [-0.1, -0.05) is 32.1 Å². The van der Waals surface area contributed by atoms with E-state index in [0.29, 0.717) is 13.0 Å². The molecule has 6 atom stereocenters. The van der Waals surface area contributed by atoms with Gasteiger partial charge in [0, 0.05) is 12.6 Å². The normalized spacial score (nSPS) is 37.4. The fraction of sp³-hybridized carbons (Fsp3) is 0.708. The highest BCUT2D eigenvalue weighted by molar-refractivity contribution is 5.99. The summed E-state index contributed by atoms with van der Waals surface area (Å²) in [5.74, 6) is -2.63. The van der Waals surface area contributed by atoms with Gasteiger partial charge in [0.15, 0.2) is 0 Å². The van der Waals surface area contributed by atoms with E-state index in [0.717, 1.165) is 0 Å². The molecule has 8 nitrogen and oxygen atoms in total. The quantitative estimate of drug-likeness (QED) is 0.505. The van der Waals surface area contributed by atoms with Gasteiger partial charge in [-0.3, -0.25) is 14.4 Å². The topological polar surface area (TPSA) is 96.4 Å². The third-order valence-corrected chi connectivity index (χ3v) is 7.25. The molecule has 2 amide bonds. The third kappa shape index (κ3) is 3.22. The van der Waals surface area contributed by atoms with E-state index in [9.17, 15) is 19.5 Å². The monoisotopic (exact) mass is 446 g/mol. The highest BCUT2D eigenvalue weighted by atomic mass is 16.6. The summed E-state index contributed by atoms with van der Waals surface area (Å²) >= 11 is 0. The molecule has 0 saturated carbocycles. The predicted molar refractivity (Wildman–Crippen MR) is 116 cm³/mol. The van der Waals surface area contributed by atoms with E-state index < -0.39 is 41.1 Å². The molecule has 0 aromatic heterocycles. The van der Waals surface area contributed by atoms with Crippen molar-refractivity contribution in [2.45, 2.75) is 70.4 Å². The van der Waals surface area contributed by atoms with Crippen molar-refractivity contribution in [3.63, 3.8) is 0 Å². The lowest BCUT2D eigenvalue weighted by Crippen LogP contribution is -2.59. The van der Waals surface area contributed by atoms with Crippen LogP contribution in [0.15, 0.2) is 24.3 Å². The van der Waals surface area contributed by atoms with E-state index in [1.807, 2.05) is 39.8 Å². The summed E-state index contributed by atoms with van der Waals surface area (Å²) in [5, 5.41) is 10.2. The molecular formula is C24H34N2O6. The van der Waals surface area contributed by atoms with Gasteiger partial charge in [-0.05, 0) is 39.2 Å². The minimum atomic E-state index is -1.30. The number of aliphatic hydroxyl groups excluding tert-OH is 1. The van der Waals surface area contributed by atoms with Crippen LogP contribution in [0.25, 0.3) is 0 Å². The average molecular weight is 447 g/mol. The fourth-order valence-electron chi connectivity index (χ4n) is 5.99. The second kappa shape index (κ2) is 7.99. The Hall–Kier alpha value is -2.19. The molecule has 2 fully saturated rings. The zero-order valence-electron chi connectivity index (χ0n) is 19.5. The van der Waals surface area contributed by atoms with Crippen LogP contribution in [0.4, 0.5) is 0 Å². The van der Waals surface area contributed by atoms with Crippen molar-refractivity contribution in [1.82, 2.24) is 9.80 Å². The van der Waals surface area contributed by atoms with E-state index in [1.165, 1.54) is 4.90 Å². The second-order valence-corrected chi connectivity index (χ2v) is 10.2. The van der Waals surface area contributed by atoms with Crippen LogP contribution in [0, 0.1) is 17.8 Å². The predicted octanol–water partition coefficient (Wildman–Crippen LogP) is 1.28. The summed E-state index contributed by atoms with van der Waals surface area (Å²) in [7, 11) is 0. The second-order valence-electron chi connectivity index (χ2n) is 10.2. The molecule has 1 spiro atoms. The van der Waals surface area contributed by atoms with Crippen LogP contribution >= 0.6 is 0 Å². The Morgan fingerprint density at radius 3 is 2.44 bits per heavy atom. The maximum absolute atomic E-state index is 14.0. The van der Waals surface area contributed by atoms with Gasteiger partial charge in [0.1, 0.15) is 24.2 Å². The minimum Gasteiger partial charge on any atom is -0.461 e. The van der Waals surface area contributed by atoms with Crippen molar-refractivity contribution in [3.05, 3.63) is 24.3 Å².